The Hall–Kier alpha value is -1.08. The molecule has 8 heteroatoms. The van der Waals surface area contributed by atoms with Crippen molar-refractivity contribution >= 4 is 34.9 Å². The van der Waals surface area contributed by atoms with E-state index in [4.69, 9.17) is 17.3 Å². The number of nitrogens with two attached hydrogens (primary N) is 1. The molecule has 0 atom stereocenters. The lowest BCUT2D eigenvalue weighted by molar-refractivity contribution is -0.384. The Kier molecular flexibility index (Phi) is 4.10. The Balaban J connectivity index is 3.03. The van der Waals surface area contributed by atoms with Crippen molar-refractivity contribution in [1.82, 2.24) is 9.97 Å². The monoisotopic (exact) mass is 248 g/mol. The highest BCUT2D eigenvalue weighted by Crippen LogP contribution is 2.29. The molecule has 0 aliphatic heterocycles. The summed E-state index contributed by atoms with van der Waals surface area (Å²) in [5.41, 5.74) is 4.97. The van der Waals surface area contributed by atoms with Crippen molar-refractivity contribution in [3.8, 4) is 0 Å². The van der Waals surface area contributed by atoms with E-state index in [-0.39, 0.29) is 11.0 Å². The Morgan fingerprint density at radius 3 is 2.73 bits per heavy atom. The van der Waals surface area contributed by atoms with Crippen LogP contribution < -0.4 is 5.73 Å². The Morgan fingerprint density at radius 2 is 2.27 bits per heavy atom. The average Bonchev–Trinajstić information content (AvgIpc) is 2.12. The van der Waals surface area contributed by atoms with Gasteiger partial charge in [0.05, 0.1) is 4.92 Å². The molecular weight excluding hydrogens is 240 g/mol. The van der Waals surface area contributed by atoms with Crippen LogP contribution in [0.5, 0.6) is 0 Å². The van der Waals surface area contributed by atoms with Crippen molar-refractivity contribution in [3.63, 3.8) is 0 Å². The second-order valence-electron chi connectivity index (χ2n) is 2.64. The first-order valence-corrected chi connectivity index (χ1v) is 5.52. The second kappa shape index (κ2) is 5.13. The van der Waals surface area contributed by atoms with E-state index in [9.17, 15) is 10.1 Å². The van der Waals surface area contributed by atoms with Gasteiger partial charge >= 0.3 is 5.69 Å². The number of nitrogens with zero attached hydrogens (tertiary/aromatic N) is 3. The zero-order valence-electron chi connectivity index (χ0n) is 7.94. The smallest absolute Gasteiger partial charge is 0.348 e. The van der Waals surface area contributed by atoms with Gasteiger partial charge in [0.25, 0.3) is 0 Å². The van der Waals surface area contributed by atoms with Crippen LogP contribution in [0.3, 0.4) is 0 Å². The van der Waals surface area contributed by atoms with E-state index in [1.165, 1.54) is 11.8 Å². The largest absolute Gasteiger partial charge is 0.378 e. The van der Waals surface area contributed by atoms with Crippen LogP contribution >= 0.6 is 23.4 Å². The van der Waals surface area contributed by atoms with Gasteiger partial charge in [0.15, 0.2) is 5.16 Å². The number of anilines is 1. The molecule has 0 bridgehead atoms. The third-order valence-corrected chi connectivity index (χ3v) is 2.78. The van der Waals surface area contributed by atoms with Crippen molar-refractivity contribution in [2.75, 3.05) is 11.5 Å². The van der Waals surface area contributed by atoms with Crippen LogP contribution in [0.2, 0.25) is 5.15 Å². The predicted molar refractivity (Wildman–Crippen MR) is 59.1 cm³/mol. The number of hydrogen-bond donors (Lipinski definition) is 1. The minimum Gasteiger partial charge on any atom is -0.378 e. The molecule has 6 nitrogen and oxygen atoms in total. The van der Waals surface area contributed by atoms with E-state index in [0.717, 1.165) is 12.2 Å². The molecule has 1 heterocycles. The maximum absolute atomic E-state index is 10.5. The standard InChI is InChI=1S/C7H9ClN4O2S/c1-2-3-15-7-10-5(8)4(12(13)14)6(9)11-7/h2-3H2,1H3,(H2,9,10,11). The maximum atomic E-state index is 10.5. The Labute approximate surface area is 95.4 Å². The average molecular weight is 249 g/mol. The summed E-state index contributed by atoms with van der Waals surface area (Å²) < 4.78 is 0. The first-order chi connectivity index (χ1) is 7.06. The molecule has 1 rings (SSSR count). The molecule has 0 aliphatic carbocycles. The van der Waals surface area contributed by atoms with Crippen LogP contribution in [0.15, 0.2) is 5.16 Å². The van der Waals surface area contributed by atoms with Crippen molar-refractivity contribution in [2.24, 2.45) is 0 Å². The zero-order chi connectivity index (χ0) is 11.4. The third-order valence-electron chi connectivity index (χ3n) is 1.47. The highest BCUT2D eigenvalue weighted by Gasteiger charge is 2.21. The molecule has 0 saturated carbocycles. The van der Waals surface area contributed by atoms with E-state index in [1.807, 2.05) is 6.92 Å². The van der Waals surface area contributed by atoms with E-state index < -0.39 is 10.6 Å². The normalized spacial score (nSPS) is 10.3. The SMILES string of the molecule is CCCSc1nc(N)c([N+](=O)[O-])c(Cl)n1. The molecule has 0 aromatic carbocycles. The molecule has 0 aliphatic rings. The van der Waals surface area contributed by atoms with Gasteiger partial charge < -0.3 is 5.73 Å². The van der Waals surface area contributed by atoms with Gasteiger partial charge in [-0.3, -0.25) is 10.1 Å². The summed E-state index contributed by atoms with van der Waals surface area (Å²) in [6.07, 6.45) is 0.947. The zero-order valence-corrected chi connectivity index (χ0v) is 9.51. The minimum atomic E-state index is -0.689. The molecule has 1 aromatic rings. The lowest BCUT2D eigenvalue weighted by Gasteiger charge is -2.01. The summed E-state index contributed by atoms with van der Waals surface area (Å²) in [7, 11) is 0. The minimum absolute atomic E-state index is 0.196. The quantitative estimate of drug-likeness (QED) is 0.288. The molecule has 0 saturated heterocycles. The first kappa shape index (κ1) is 12.0. The van der Waals surface area contributed by atoms with Crippen LogP contribution in [0.1, 0.15) is 13.3 Å². The molecule has 0 amide bonds. The van der Waals surface area contributed by atoms with E-state index in [1.54, 1.807) is 0 Å². The van der Waals surface area contributed by atoms with E-state index in [2.05, 4.69) is 9.97 Å². The number of hydrogen-bond acceptors (Lipinski definition) is 6. The number of rotatable bonds is 4. The van der Waals surface area contributed by atoms with Gasteiger partial charge in [-0.2, -0.15) is 4.98 Å². The lowest BCUT2D eigenvalue weighted by Crippen LogP contribution is -2.02. The molecule has 0 radical (unpaired) electrons. The summed E-state index contributed by atoms with van der Waals surface area (Å²) in [5, 5.41) is 10.7. The fraction of sp³-hybridized carbons (Fsp3) is 0.429. The summed E-state index contributed by atoms with van der Waals surface area (Å²) in [5.74, 6) is 0.617. The molecule has 82 valence electrons. The van der Waals surface area contributed by atoms with Gasteiger partial charge in [0.2, 0.25) is 11.0 Å². The second-order valence-corrected chi connectivity index (χ2v) is 4.06. The van der Waals surface area contributed by atoms with Gasteiger partial charge in [0.1, 0.15) is 0 Å². The summed E-state index contributed by atoms with van der Waals surface area (Å²) in [6, 6.07) is 0. The van der Waals surface area contributed by atoms with Gasteiger partial charge in [-0.05, 0) is 6.42 Å². The molecule has 2 N–H and O–H groups in total. The predicted octanol–water partition coefficient (Wildman–Crippen LogP) is 2.12. The molecule has 15 heavy (non-hydrogen) atoms. The van der Waals surface area contributed by atoms with E-state index in [0.29, 0.717) is 5.16 Å². The Morgan fingerprint density at radius 1 is 1.60 bits per heavy atom. The van der Waals surface area contributed by atoms with Crippen LogP contribution in [0.25, 0.3) is 0 Å². The van der Waals surface area contributed by atoms with Crippen molar-refractivity contribution < 1.29 is 4.92 Å². The third kappa shape index (κ3) is 2.93. The molecule has 0 unspecified atom stereocenters. The highest BCUT2D eigenvalue weighted by molar-refractivity contribution is 7.99. The fourth-order valence-electron chi connectivity index (χ4n) is 0.850. The number of halogens is 1. The number of thioether (sulfide) groups is 1. The number of nitrogen functional groups attached to an aromatic ring is 1. The first-order valence-electron chi connectivity index (χ1n) is 4.16. The molecule has 0 fully saturated rings. The van der Waals surface area contributed by atoms with Crippen LogP contribution in [0, 0.1) is 10.1 Å². The van der Waals surface area contributed by atoms with Gasteiger partial charge in [-0.15, -0.1) is 0 Å². The van der Waals surface area contributed by atoms with Gasteiger partial charge in [-0.1, -0.05) is 30.3 Å². The number of nitro groups is 1. The van der Waals surface area contributed by atoms with E-state index >= 15 is 0 Å². The van der Waals surface area contributed by atoms with Crippen LogP contribution in [-0.2, 0) is 0 Å². The topological polar surface area (TPSA) is 94.9 Å². The van der Waals surface area contributed by atoms with Gasteiger partial charge in [-0.25, -0.2) is 4.98 Å². The van der Waals surface area contributed by atoms with Crippen molar-refractivity contribution in [1.29, 1.82) is 0 Å². The maximum Gasteiger partial charge on any atom is 0.348 e. The molecule has 0 spiro atoms. The van der Waals surface area contributed by atoms with Crippen molar-refractivity contribution in [2.45, 2.75) is 18.5 Å². The Bertz CT molecular complexity index is 364. The van der Waals surface area contributed by atoms with Crippen LogP contribution in [0.4, 0.5) is 11.5 Å². The van der Waals surface area contributed by atoms with Crippen molar-refractivity contribution in [3.05, 3.63) is 15.3 Å². The summed E-state index contributed by atoms with van der Waals surface area (Å²) in [6.45, 7) is 2.00. The highest BCUT2D eigenvalue weighted by atomic mass is 35.5. The summed E-state index contributed by atoms with van der Waals surface area (Å²) in [4.78, 5) is 17.4. The van der Waals surface area contributed by atoms with Gasteiger partial charge in [0, 0.05) is 5.75 Å². The lowest BCUT2D eigenvalue weighted by atomic mass is 10.5. The van der Waals surface area contributed by atoms with Crippen LogP contribution in [-0.4, -0.2) is 20.6 Å². The molecular formula is C7H9ClN4O2S. The fourth-order valence-corrected chi connectivity index (χ4v) is 1.85. The number of aromatic nitrogens is 2. The molecule has 1 aromatic heterocycles. The summed E-state index contributed by atoms with van der Waals surface area (Å²) >= 11 is 6.98.